The van der Waals surface area contributed by atoms with E-state index in [-0.39, 0.29) is 5.91 Å². The molecule has 1 aliphatic heterocycles. The normalized spacial score (nSPS) is 19.1. The van der Waals surface area contributed by atoms with Crippen molar-refractivity contribution in [2.24, 2.45) is 0 Å². The third kappa shape index (κ3) is 3.19. The van der Waals surface area contributed by atoms with E-state index in [0.717, 1.165) is 26.1 Å². The standard InChI is InChI=1S/C8H16N2O2/c1-9-8(11)6-10-7-2-4-12-5-3-7/h7,10H,2-6H2,1H3,(H,9,11). The average molecular weight is 172 g/mol. The molecule has 12 heavy (non-hydrogen) atoms. The number of likely N-dealkylation sites (N-methyl/N-ethyl adjacent to an activating group) is 1. The zero-order valence-corrected chi connectivity index (χ0v) is 7.43. The second kappa shape index (κ2) is 5.11. The van der Waals surface area contributed by atoms with Gasteiger partial charge in [-0.1, -0.05) is 0 Å². The van der Waals surface area contributed by atoms with E-state index in [2.05, 4.69) is 10.6 Å². The van der Waals surface area contributed by atoms with Crippen LogP contribution >= 0.6 is 0 Å². The van der Waals surface area contributed by atoms with E-state index in [1.165, 1.54) is 0 Å². The number of carbonyl (C=O) groups excluding carboxylic acids is 1. The molecule has 0 aromatic carbocycles. The third-order valence-corrected chi connectivity index (χ3v) is 2.05. The van der Waals surface area contributed by atoms with E-state index in [9.17, 15) is 4.79 Å². The van der Waals surface area contributed by atoms with Gasteiger partial charge in [-0.3, -0.25) is 4.79 Å². The van der Waals surface area contributed by atoms with Crippen LogP contribution in [-0.4, -0.2) is 38.8 Å². The molecule has 1 amide bonds. The molecule has 4 heteroatoms. The van der Waals surface area contributed by atoms with Crippen LogP contribution < -0.4 is 10.6 Å². The Kier molecular flexibility index (Phi) is 4.04. The van der Waals surface area contributed by atoms with Gasteiger partial charge in [0.1, 0.15) is 0 Å². The van der Waals surface area contributed by atoms with Gasteiger partial charge in [-0.15, -0.1) is 0 Å². The largest absolute Gasteiger partial charge is 0.381 e. The summed E-state index contributed by atoms with van der Waals surface area (Å²) in [7, 11) is 1.65. The van der Waals surface area contributed by atoms with Crippen molar-refractivity contribution in [3.63, 3.8) is 0 Å². The summed E-state index contributed by atoms with van der Waals surface area (Å²) < 4.78 is 5.19. The highest BCUT2D eigenvalue weighted by Crippen LogP contribution is 2.05. The third-order valence-electron chi connectivity index (χ3n) is 2.05. The summed E-state index contributed by atoms with van der Waals surface area (Å²) in [6.07, 6.45) is 2.02. The second-order valence-electron chi connectivity index (χ2n) is 2.94. The Bertz CT molecular complexity index is 144. The van der Waals surface area contributed by atoms with Crippen LogP contribution in [0.15, 0.2) is 0 Å². The van der Waals surface area contributed by atoms with Crippen LogP contribution in [0, 0.1) is 0 Å². The Morgan fingerprint density at radius 3 is 2.75 bits per heavy atom. The maximum atomic E-state index is 10.8. The van der Waals surface area contributed by atoms with Crippen molar-refractivity contribution in [2.75, 3.05) is 26.8 Å². The number of amides is 1. The van der Waals surface area contributed by atoms with E-state index in [0.29, 0.717) is 12.6 Å². The first-order valence-electron chi connectivity index (χ1n) is 4.34. The number of ether oxygens (including phenoxy) is 1. The Labute approximate surface area is 72.7 Å². The number of hydrogen-bond donors (Lipinski definition) is 2. The molecule has 1 heterocycles. The summed E-state index contributed by atoms with van der Waals surface area (Å²) in [6, 6.07) is 0.455. The topological polar surface area (TPSA) is 50.4 Å². The van der Waals surface area contributed by atoms with Gasteiger partial charge in [0, 0.05) is 26.3 Å². The first kappa shape index (κ1) is 9.48. The van der Waals surface area contributed by atoms with Crippen LogP contribution in [0.3, 0.4) is 0 Å². The van der Waals surface area contributed by atoms with Gasteiger partial charge in [-0.25, -0.2) is 0 Å². The molecule has 0 bridgehead atoms. The fourth-order valence-corrected chi connectivity index (χ4v) is 1.23. The molecule has 0 radical (unpaired) electrons. The van der Waals surface area contributed by atoms with Crippen LogP contribution in [0.4, 0.5) is 0 Å². The zero-order chi connectivity index (χ0) is 8.81. The lowest BCUT2D eigenvalue weighted by Crippen LogP contribution is -2.40. The second-order valence-corrected chi connectivity index (χ2v) is 2.94. The highest BCUT2D eigenvalue weighted by atomic mass is 16.5. The monoisotopic (exact) mass is 172 g/mol. The fourth-order valence-electron chi connectivity index (χ4n) is 1.23. The predicted molar refractivity (Wildman–Crippen MR) is 45.9 cm³/mol. The molecule has 0 aromatic heterocycles. The Hall–Kier alpha value is -0.610. The summed E-state index contributed by atoms with van der Waals surface area (Å²) >= 11 is 0. The molecule has 1 rings (SSSR count). The van der Waals surface area contributed by atoms with Crippen LogP contribution in [0.5, 0.6) is 0 Å². The fraction of sp³-hybridized carbons (Fsp3) is 0.875. The first-order chi connectivity index (χ1) is 5.83. The maximum absolute atomic E-state index is 10.8. The van der Waals surface area contributed by atoms with Crippen molar-refractivity contribution in [3.05, 3.63) is 0 Å². The smallest absolute Gasteiger partial charge is 0.233 e. The molecule has 2 N–H and O–H groups in total. The SMILES string of the molecule is CNC(=O)CNC1CCOCC1. The Balaban J connectivity index is 2.09. The highest BCUT2D eigenvalue weighted by Gasteiger charge is 2.13. The van der Waals surface area contributed by atoms with Gasteiger partial charge in [0.2, 0.25) is 5.91 Å². The minimum Gasteiger partial charge on any atom is -0.381 e. The summed E-state index contributed by atoms with van der Waals surface area (Å²) in [5.41, 5.74) is 0. The molecule has 0 aliphatic carbocycles. The highest BCUT2D eigenvalue weighted by molar-refractivity contribution is 5.77. The van der Waals surface area contributed by atoms with E-state index >= 15 is 0 Å². The molecular weight excluding hydrogens is 156 g/mol. The van der Waals surface area contributed by atoms with Crippen molar-refractivity contribution in [3.8, 4) is 0 Å². The van der Waals surface area contributed by atoms with Crippen LogP contribution in [0.2, 0.25) is 0 Å². The van der Waals surface area contributed by atoms with Gasteiger partial charge in [-0.2, -0.15) is 0 Å². The molecule has 0 saturated carbocycles. The van der Waals surface area contributed by atoms with Crippen molar-refractivity contribution in [1.82, 2.24) is 10.6 Å². The predicted octanol–water partition coefficient (Wildman–Crippen LogP) is -0.499. The van der Waals surface area contributed by atoms with Gasteiger partial charge in [-0.05, 0) is 12.8 Å². The van der Waals surface area contributed by atoms with Gasteiger partial charge in [0.25, 0.3) is 0 Å². The quantitative estimate of drug-likeness (QED) is 0.603. The molecule has 1 saturated heterocycles. The number of hydrogen-bond acceptors (Lipinski definition) is 3. The molecule has 1 aliphatic rings. The van der Waals surface area contributed by atoms with Crippen molar-refractivity contribution >= 4 is 5.91 Å². The van der Waals surface area contributed by atoms with Crippen molar-refractivity contribution < 1.29 is 9.53 Å². The van der Waals surface area contributed by atoms with Crippen LogP contribution in [0.25, 0.3) is 0 Å². The molecule has 0 aromatic rings. The summed E-state index contributed by atoms with van der Waals surface area (Å²) in [5.74, 6) is 0.0430. The van der Waals surface area contributed by atoms with E-state index in [1.807, 2.05) is 0 Å². The van der Waals surface area contributed by atoms with Crippen LogP contribution in [-0.2, 0) is 9.53 Å². The van der Waals surface area contributed by atoms with Gasteiger partial charge >= 0.3 is 0 Å². The first-order valence-corrected chi connectivity index (χ1v) is 4.34. The summed E-state index contributed by atoms with van der Waals surface area (Å²) in [5, 5.41) is 5.75. The minimum absolute atomic E-state index is 0.0430. The zero-order valence-electron chi connectivity index (χ0n) is 7.43. The van der Waals surface area contributed by atoms with E-state index in [4.69, 9.17) is 4.74 Å². The summed E-state index contributed by atoms with van der Waals surface area (Å²) in [6.45, 7) is 2.04. The molecule has 0 unspecified atom stereocenters. The lowest BCUT2D eigenvalue weighted by atomic mass is 10.1. The molecular formula is C8H16N2O2. The van der Waals surface area contributed by atoms with Crippen molar-refractivity contribution in [2.45, 2.75) is 18.9 Å². The van der Waals surface area contributed by atoms with Gasteiger partial charge in [0.15, 0.2) is 0 Å². The number of rotatable bonds is 3. The number of nitrogens with one attached hydrogen (secondary N) is 2. The van der Waals surface area contributed by atoms with Crippen LogP contribution in [0.1, 0.15) is 12.8 Å². The maximum Gasteiger partial charge on any atom is 0.233 e. The Morgan fingerprint density at radius 2 is 2.17 bits per heavy atom. The molecule has 0 atom stereocenters. The van der Waals surface area contributed by atoms with Crippen molar-refractivity contribution in [1.29, 1.82) is 0 Å². The summed E-state index contributed by atoms with van der Waals surface area (Å²) in [4.78, 5) is 10.8. The lowest BCUT2D eigenvalue weighted by Gasteiger charge is -2.22. The molecule has 1 fully saturated rings. The minimum atomic E-state index is 0.0430. The average Bonchev–Trinajstić information content (AvgIpc) is 2.16. The Morgan fingerprint density at radius 1 is 1.50 bits per heavy atom. The van der Waals surface area contributed by atoms with E-state index in [1.54, 1.807) is 7.05 Å². The number of carbonyl (C=O) groups is 1. The van der Waals surface area contributed by atoms with E-state index < -0.39 is 0 Å². The molecule has 4 nitrogen and oxygen atoms in total. The lowest BCUT2D eigenvalue weighted by molar-refractivity contribution is -0.120. The molecule has 0 spiro atoms. The molecule has 70 valence electrons. The van der Waals surface area contributed by atoms with Gasteiger partial charge < -0.3 is 15.4 Å². The van der Waals surface area contributed by atoms with Gasteiger partial charge in [0.05, 0.1) is 6.54 Å².